The Morgan fingerprint density at radius 2 is 2.14 bits per heavy atom. The van der Waals surface area contributed by atoms with Gasteiger partial charge < -0.3 is 19.5 Å². The van der Waals surface area contributed by atoms with E-state index in [0.29, 0.717) is 11.2 Å². The van der Waals surface area contributed by atoms with Gasteiger partial charge in [0, 0.05) is 17.0 Å². The molecule has 4 nitrogen and oxygen atoms in total. The van der Waals surface area contributed by atoms with Crippen LogP contribution in [-0.4, -0.2) is 31.1 Å². The molecule has 0 atom stereocenters. The second-order valence-corrected chi connectivity index (χ2v) is 3.52. The van der Waals surface area contributed by atoms with Crippen molar-refractivity contribution in [1.82, 2.24) is 0 Å². The maximum atomic E-state index is 9.01. The maximum Gasteiger partial charge on any atom is 0.492 e. The van der Waals surface area contributed by atoms with Gasteiger partial charge in [0.25, 0.3) is 0 Å². The van der Waals surface area contributed by atoms with Crippen molar-refractivity contribution in [3.05, 3.63) is 22.7 Å². The van der Waals surface area contributed by atoms with Crippen LogP contribution in [0.5, 0.6) is 5.75 Å². The molecule has 0 aliphatic rings. The highest BCUT2D eigenvalue weighted by Gasteiger charge is 2.17. The van der Waals surface area contributed by atoms with Crippen molar-refractivity contribution in [3.8, 4) is 5.75 Å². The summed E-state index contributed by atoms with van der Waals surface area (Å²) < 4.78 is 10.7. The van der Waals surface area contributed by atoms with Crippen LogP contribution in [0.3, 0.4) is 0 Å². The Bertz CT molecular complexity index is 305. The van der Waals surface area contributed by atoms with E-state index in [1.54, 1.807) is 18.2 Å². The number of rotatable bonds is 4. The first kappa shape index (κ1) is 11.5. The van der Waals surface area contributed by atoms with E-state index < -0.39 is 7.12 Å². The van der Waals surface area contributed by atoms with E-state index in [-0.39, 0.29) is 6.79 Å². The van der Waals surface area contributed by atoms with E-state index >= 15 is 0 Å². The first-order valence-corrected chi connectivity index (χ1v) is 4.71. The lowest BCUT2D eigenvalue weighted by atomic mass is 9.80. The van der Waals surface area contributed by atoms with Crippen LogP contribution in [0, 0.1) is 0 Å². The number of ether oxygens (including phenoxy) is 2. The molecule has 0 amide bonds. The number of hydrogen-bond donors (Lipinski definition) is 2. The number of halogens is 1. The van der Waals surface area contributed by atoms with E-state index in [0.717, 1.165) is 4.47 Å². The molecule has 1 rings (SSSR count). The Balaban J connectivity index is 2.91. The summed E-state index contributed by atoms with van der Waals surface area (Å²) in [5.74, 6) is 0.385. The number of methoxy groups -OCH3 is 1. The summed E-state index contributed by atoms with van der Waals surface area (Å²) in [5, 5.41) is 18.0. The Labute approximate surface area is 90.7 Å². The SMILES string of the molecule is COCOc1cc(Br)ccc1B(O)O. The minimum Gasteiger partial charge on any atom is -0.468 e. The predicted molar refractivity (Wildman–Crippen MR) is 56.5 cm³/mol. The van der Waals surface area contributed by atoms with Crippen LogP contribution < -0.4 is 10.2 Å². The first-order valence-electron chi connectivity index (χ1n) is 3.92. The fourth-order valence-corrected chi connectivity index (χ4v) is 1.31. The predicted octanol–water partition coefficient (Wildman–Crippen LogP) is 0.112. The van der Waals surface area contributed by atoms with Gasteiger partial charge in [0.2, 0.25) is 0 Å². The Kier molecular flexibility index (Phi) is 4.41. The summed E-state index contributed by atoms with van der Waals surface area (Å²) in [4.78, 5) is 0. The van der Waals surface area contributed by atoms with E-state index in [9.17, 15) is 0 Å². The molecule has 0 aromatic heterocycles. The monoisotopic (exact) mass is 260 g/mol. The van der Waals surface area contributed by atoms with Crippen molar-refractivity contribution in [2.75, 3.05) is 13.9 Å². The van der Waals surface area contributed by atoms with E-state index in [2.05, 4.69) is 15.9 Å². The standard InChI is InChI=1S/C8H10BBrO4/c1-13-5-14-8-4-6(10)2-3-7(8)9(11)12/h2-4,11-12H,5H2,1H3. The molecule has 1 aromatic carbocycles. The van der Waals surface area contributed by atoms with Crippen LogP contribution in [0.25, 0.3) is 0 Å². The van der Waals surface area contributed by atoms with Crippen molar-refractivity contribution in [3.63, 3.8) is 0 Å². The van der Waals surface area contributed by atoms with Crippen LogP contribution >= 0.6 is 15.9 Å². The lowest BCUT2D eigenvalue weighted by Crippen LogP contribution is -2.31. The molecule has 0 saturated heterocycles. The highest BCUT2D eigenvalue weighted by Crippen LogP contribution is 2.16. The van der Waals surface area contributed by atoms with Gasteiger partial charge in [0.05, 0.1) is 0 Å². The molecular formula is C8H10BBrO4. The molecule has 1 aromatic rings. The lowest BCUT2D eigenvalue weighted by Gasteiger charge is -2.10. The van der Waals surface area contributed by atoms with E-state index in [1.165, 1.54) is 7.11 Å². The van der Waals surface area contributed by atoms with Crippen LogP contribution in [0.1, 0.15) is 0 Å². The fraction of sp³-hybridized carbons (Fsp3) is 0.250. The average Bonchev–Trinajstić information content (AvgIpc) is 2.14. The van der Waals surface area contributed by atoms with Gasteiger partial charge >= 0.3 is 7.12 Å². The van der Waals surface area contributed by atoms with Crippen molar-refractivity contribution < 1.29 is 19.5 Å². The van der Waals surface area contributed by atoms with Gasteiger partial charge in [-0.05, 0) is 12.1 Å². The third-order valence-electron chi connectivity index (χ3n) is 1.59. The van der Waals surface area contributed by atoms with Gasteiger partial charge in [-0.3, -0.25) is 0 Å². The topological polar surface area (TPSA) is 58.9 Å². The highest BCUT2D eigenvalue weighted by atomic mass is 79.9. The minimum absolute atomic E-state index is 0.0656. The molecule has 76 valence electrons. The molecule has 2 N–H and O–H groups in total. The zero-order valence-corrected chi connectivity index (χ0v) is 9.19. The number of hydrogen-bond acceptors (Lipinski definition) is 4. The quantitative estimate of drug-likeness (QED) is 0.596. The molecule has 0 unspecified atom stereocenters. The van der Waals surface area contributed by atoms with Gasteiger partial charge in [-0.2, -0.15) is 0 Å². The molecule has 0 aliphatic carbocycles. The summed E-state index contributed by atoms with van der Waals surface area (Å²) in [6.45, 7) is 0.0656. The molecule has 0 spiro atoms. The van der Waals surface area contributed by atoms with Crippen LogP contribution in [0.2, 0.25) is 0 Å². The van der Waals surface area contributed by atoms with Gasteiger partial charge in [0.1, 0.15) is 5.75 Å². The Morgan fingerprint density at radius 1 is 1.43 bits per heavy atom. The molecule has 0 saturated carbocycles. The van der Waals surface area contributed by atoms with Crippen molar-refractivity contribution >= 4 is 28.5 Å². The lowest BCUT2D eigenvalue weighted by molar-refractivity contribution is 0.0517. The molecule has 0 bridgehead atoms. The van der Waals surface area contributed by atoms with Crippen molar-refractivity contribution in [2.45, 2.75) is 0 Å². The third kappa shape index (κ3) is 2.99. The third-order valence-corrected chi connectivity index (χ3v) is 2.08. The average molecular weight is 261 g/mol. The van der Waals surface area contributed by atoms with Gasteiger partial charge in [-0.1, -0.05) is 22.0 Å². The highest BCUT2D eigenvalue weighted by molar-refractivity contribution is 9.10. The summed E-state index contributed by atoms with van der Waals surface area (Å²) in [7, 11) is -0.0532. The van der Waals surface area contributed by atoms with Crippen molar-refractivity contribution in [2.24, 2.45) is 0 Å². The van der Waals surface area contributed by atoms with Gasteiger partial charge in [-0.15, -0.1) is 0 Å². The number of benzene rings is 1. The zero-order chi connectivity index (χ0) is 10.6. The minimum atomic E-state index is -1.55. The first-order chi connectivity index (χ1) is 6.65. The van der Waals surface area contributed by atoms with E-state index in [4.69, 9.17) is 19.5 Å². The molecule has 0 fully saturated rings. The maximum absolute atomic E-state index is 9.01. The van der Waals surface area contributed by atoms with Crippen LogP contribution in [0.15, 0.2) is 22.7 Å². The molecule has 0 radical (unpaired) electrons. The van der Waals surface area contributed by atoms with Crippen molar-refractivity contribution in [1.29, 1.82) is 0 Å². The smallest absolute Gasteiger partial charge is 0.468 e. The molecule has 14 heavy (non-hydrogen) atoms. The zero-order valence-electron chi connectivity index (χ0n) is 7.61. The summed E-state index contributed by atoms with van der Waals surface area (Å²) in [6, 6.07) is 4.92. The summed E-state index contributed by atoms with van der Waals surface area (Å²) in [5.41, 5.74) is 0.310. The molecular weight excluding hydrogens is 251 g/mol. The van der Waals surface area contributed by atoms with Gasteiger partial charge in [-0.25, -0.2) is 0 Å². The molecule has 0 aliphatic heterocycles. The van der Waals surface area contributed by atoms with E-state index in [1.807, 2.05) is 0 Å². The second-order valence-electron chi connectivity index (χ2n) is 2.61. The van der Waals surface area contributed by atoms with Gasteiger partial charge in [0.15, 0.2) is 6.79 Å². The van der Waals surface area contributed by atoms with Crippen LogP contribution in [0.4, 0.5) is 0 Å². The normalized spacial score (nSPS) is 10.0. The second kappa shape index (κ2) is 5.36. The molecule has 6 heteroatoms. The Morgan fingerprint density at radius 3 is 2.71 bits per heavy atom. The molecule has 0 heterocycles. The largest absolute Gasteiger partial charge is 0.492 e. The fourth-order valence-electron chi connectivity index (χ4n) is 0.969. The summed E-state index contributed by atoms with van der Waals surface area (Å²) >= 11 is 3.25. The van der Waals surface area contributed by atoms with Crippen LogP contribution in [-0.2, 0) is 4.74 Å². The summed E-state index contributed by atoms with van der Waals surface area (Å²) in [6.07, 6.45) is 0. The Hall–Kier alpha value is -0.555.